The molecule has 1 N–H and O–H groups in total. The van der Waals surface area contributed by atoms with Crippen LogP contribution in [0.2, 0.25) is 0 Å². The van der Waals surface area contributed by atoms with Crippen molar-refractivity contribution in [3.05, 3.63) is 71.8 Å². The molecule has 0 aromatic heterocycles. The van der Waals surface area contributed by atoms with E-state index in [2.05, 4.69) is 25.7 Å². The van der Waals surface area contributed by atoms with Crippen LogP contribution in [-0.2, 0) is 16.6 Å². The summed E-state index contributed by atoms with van der Waals surface area (Å²) in [6.45, 7) is 6.57. The van der Waals surface area contributed by atoms with Crippen LogP contribution < -0.4 is 9.64 Å². The van der Waals surface area contributed by atoms with Crippen molar-refractivity contribution in [2.24, 2.45) is 5.41 Å². The van der Waals surface area contributed by atoms with Gasteiger partial charge in [-0.2, -0.15) is 4.31 Å². The molecular weight excluding hydrogens is 464 g/mol. The fourth-order valence-corrected chi connectivity index (χ4v) is 6.31. The number of carboxylic acids is 1. The van der Waals surface area contributed by atoms with Gasteiger partial charge >= 0.3 is 5.97 Å². The Morgan fingerprint density at radius 2 is 1.77 bits per heavy atom. The number of benzene rings is 3. The van der Waals surface area contributed by atoms with Gasteiger partial charge in [-0.05, 0) is 53.3 Å². The van der Waals surface area contributed by atoms with E-state index in [1.165, 1.54) is 10.4 Å². The first-order valence-corrected chi connectivity index (χ1v) is 12.9. The molecule has 3 aromatic carbocycles. The van der Waals surface area contributed by atoms with Crippen molar-refractivity contribution in [1.82, 2.24) is 4.31 Å². The van der Waals surface area contributed by atoms with Gasteiger partial charge in [0.2, 0.25) is 10.0 Å². The summed E-state index contributed by atoms with van der Waals surface area (Å²) in [5.41, 5.74) is 3.52. The molecule has 7 nitrogen and oxygen atoms in total. The molecule has 0 spiro atoms. The summed E-state index contributed by atoms with van der Waals surface area (Å²) in [4.78, 5) is 13.8. The predicted molar refractivity (Wildman–Crippen MR) is 135 cm³/mol. The second-order valence-electron chi connectivity index (χ2n) is 10.3. The van der Waals surface area contributed by atoms with Gasteiger partial charge in [-0.25, -0.2) is 13.2 Å². The smallest absolute Gasteiger partial charge is 0.335 e. The summed E-state index contributed by atoms with van der Waals surface area (Å²) in [5, 5.41) is 9.49. The minimum absolute atomic E-state index is 0.129. The second kappa shape index (κ2) is 8.10. The van der Waals surface area contributed by atoms with E-state index in [9.17, 15) is 18.3 Å². The van der Waals surface area contributed by atoms with Crippen molar-refractivity contribution < 1.29 is 23.1 Å². The zero-order valence-electron chi connectivity index (χ0n) is 20.1. The first-order chi connectivity index (χ1) is 16.5. The van der Waals surface area contributed by atoms with Crippen LogP contribution in [0.4, 0.5) is 11.4 Å². The highest BCUT2D eigenvalue weighted by Crippen LogP contribution is 2.49. The van der Waals surface area contributed by atoms with E-state index in [1.54, 1.807) is 31.3 Å². The Balaban J connectivity index is 1.77. The van der Waals surface area contributed by atoms with Gasteiger partial charge in [0.1, 0.15) is 23.4 Å². The molecule has 0 unspecified atom stereocenters. The number of para-hydroxylation sites is 1. The molecule has 3 aromatic rings. The van der Waals surface area contributed by atoms with Crippen LogP contribution in [-0.4, -0.2) is 37.0 Å². The SMILES string of the molecule is CN1[C@H](CC(C)(C)C)N(c2ccccc2)c2cc3c(cc2S1(=O)=O)-c1cc(C(=O)O)ccc1CO3. The average Bonchev–Trinajstić information content (AvgIpc) is 2.81. The molecule has 35 heavy (non-hydrogen) atoms. The fourth-order valence-electron chi connectivity index (χ4n) is 4.82. The third-order valence-corrected chi connectivity index (χ3v) is 8.44. The Kier molecular flexibility index (Phi) is 5.41. The molecule has 2 aliphatic heterocycles. The number of hydrogen-bond acceptors (Lipinski definition) is 5. The largest absolute Gasteiger partial charge is 0.488 e. The average molecular weight is 493 g/mol. The summed E-state index contributed by atoms with van der Waals surface area (Å²) in [5.74, 6) is -0.500. The maximum absolute atomic E-state index is 13.8. The number of sulfonamides is 1. The second-order valence-corrected chi connectivity index (χ2v) is 12.2. The van der Waals surface area contributed by atoms with Crippen molar-refractivity contribution in [3.63, 3.8) is 0 Å². The van der Waals surface area contributed by atoms with Gasteiger partial charge in [0.05, 0.1) is 11.3 Å². The quantitative estimate of drug-likeness (QED) is 0.521. The number of carbonyl (C=O) groups is 1. The van der Waals surface area contributed by atoms with E-state index in [1.807, 2.05) is 30.3 Å². The molecule has 0 saturated heterocycles. The molecule has 0 bridgehead atoms. The van der Waals surface area contributed by atoms with E-state index >= 15 is 0 Å². The highest BCUT2D eigenvalue weighted by atomic mass is 32.2. The topological polar surface area (TPSA) is 87.2 Å². The van der Waals surface area contributed by atoms with Crippen molar-refractivity contribution in [2.45, 2.75) is 44.9 Å². The Labute approximate surface area is 205 Å². The predicted octanol–water partition coefficient (Wildman–Crippen LogP) is 5.48. The van der Waals surface area contributed by atoms with Crippen LogP contribution in [0.25, 0.3) is 11.1 Å². The first-order valence-electron chi connectivity index (χ1n) is 11.5. The third-order valence-electron chi connectivity index (χ3n) is 6.55. The maximum atomic E-state index is 13.8. The van der Waals surface area contributed by atoms with E-state index in [-0.39, 0.29) is 22.5 Å². The number of fused-ring (bicyclic) bond motifs is 4. The lowest BCUT2D eigenvalue weighted by atomic mass is 9.89. The molecule has 0 aliphatic carbocycles. The van der Waals surface area contributed by atoms with Crippen LogP contribution >= 0.6 is 0 Å². The van der Waals surface area contributed by atoms with E-state index in [4.69, 9.17) is 4.74 Å². The van der Waals surface area contributed by atoms with Crippen LogP contribution in [0.15, 0.2) is 65.6 Å². The molecule has 1 atom stereocenters. The molecule has 5 rings (SSSR count). The molecule has 0 radical (unpaired) electrons. The number of hydrogen-bond donors (Lipinski definition) is 1. The molecule has 0 amide bonds. The number of rotatable bonds is 3. The normalized spacial score (nSPS) is 18.7. The van der Waals surface area contributed by atoms with Gasteiger partial charge < -0.3 is 14.7 Å². The van der Waals surface area contributed by atoms with Crippen LogP contribution in [0.3, 0.4) is 0 Å². The Morgan fingerprint density at radius 3 is 2.43 bits per heavy atom. The lowest BCUT2D eigenvalue weighted by Crippen LogP contribution is -2.52. The summed E-state index contributed by atoms with van der Waals surface area (Å²) >= 11 is 0. The van der Waals surface area contributed by atoms with Gasteiger partial charge in [0.25, 0.3) is 0 Å². The number of aromatic carboxylic acids is 1. The van der Waals surface area contributed by atoms with Crippen molar-refractivity contribution >= 4 is 27.4 Å². The van der Waals surface area contributed by atoms with Gasteiger partial charge in [-0.1, -0.05) is 45.0 Å². The molecule has 0 saturated carbocycles. The Bertz CT molecular complexity index is 1430. The van der Waals surface area contributed by atoms with Gasteiger partial charge in [-0.15, -0.1) is 0 Å². The standard InChI is InChI=1S/C27H28N2O5S/c1-27(2,3)15-25-28(4)35(32,33)24-13-21-20-12-17(26(30)31)10-11-18(20)16-34-23(21)14-22(24)29(25)19-8-6-5-7-9-19/h5-14,25H,15-16H2,1-4H3,(H,30,31)/t25-/m0/s1. The highest BCUT2D eigenvalue weighted by Gasteiger charge is 2.43. The highest BCUT2D eigenvalue weighted by molar-refractivity contribution is 7.89. The Morgan fingerprint density at radius 1 is 1.06 bits per heavy atom. The van der Waals surface area contributed by atoms with E-state index in [0.29, 0.717) is 29.0 Å². The lowest BCUT2D eigenvalue weighted by molar-refractivity contribution is 0.0696. The van der Waals surface area contributed by atoms with Gasteiger partial charge in [0, 0.05) is 24.4 Å². The van der Waals surface area contributed by atoms with Crippen LogP contribution in [0.5, 0.6) is 5.75 Å². The lowest BCUT2D eigenvalue weighted by Gasteiger charge is -2.46. The van der Waals surface area contributed by atoms with Crippen LogP contribution in [0.1, 0.15) is 43.1 Å². The third kappa shape index (κ3) is 3.96. The molecule has 2 heterocycles. The maximum Gasteiger partial charge on any atom is 0.335 e. The molecule has 182 valence electrons. The molecule has 8 heteroatoms. The van der Waals surface area contributed by atoms with Gasteiger partial charge in [-0.3, -0.25) is 0 Å². The molecular formula is C27H28N2O5S. The molecule has 0 fully saturated rings. The van der Waals surface area contributed by atoms with E-state index in [0.717, 1.165) is 11.3 Å². The zero-order valence-corrected chi connectivity index (χ0v) is 21.0. The van der Waals surface area contributed by atoms with E-state index < -0.39 is 22.2 Å². The fraction of sp³-hybridized carbons (Fsp3) is 0.296. The number of ether oxygens (including phenoxy) is 1. The first kappa shape index (κ1) is 23.4. The number of carboxylic acid groups (broad SMARTS) is 1. The number of nitrogens with zero attached hydrogens (tertiary/aromatic N) is 2. The minimum Gasteiger partial charge on any atom is -0.488 e. The minimum atomic E-state index is -3.83. The monoisotopic (exact) mass is 492 g/mol. The summed E-state index contributed by atoms with van der Waals surface area (Å²) in [7, 11) is -2.20. The summed E-state index contributed by atoms with van der Waals surface area (Å²) < 4.78 is 35.1. The zero-order chi connectivity index (χ0) is 25.1. The Hall–Kier alpha value is -3.36. The van der Waals surface area contributed by atoms with Crippen molar-refractivity contribution in [1.29, 1.82) is 0 Å². The van der Waals surface area contributed by atoms with Crippen molar-refractivity contribution in [2.75, 3.05) is 11.9 Å². The summed E-state index contributed by atoms with van der Waals surface area (Å²) in [6.07, 6.45) is 0.183. The van der Waals surface area contributed by atoms with Crippen LogP contribution in [0, 0.1) is 5.41 Å². The van der Waals surface area contributed by atoms with Crippen molar-refractivity contribution in [3.8, 4) is 16.9 Å². The molecule has 2 aliphatic rings. The summed E-state index contributed by atoms with van der Waals surface area (Å²) in [6, 6.07) is 18.0. The van der Waals surface area contributed by atoms with Gasteiger partial charge in [0.15, 0.2) is 0 Å². The number of anilines is 2.